The summed E-state index contributed by atoms with van der Waals surface area (Å²) < 4.78 is 28.9. The number of benzene rings is 4. The molecule has 0 atom stereocenters. The van der Waals surface area contributed by atoms with E-state index < -0.39 is 22.8 Å². The molecule has 5 aromatic rings. The molecule has 1 aliphatic rings. The van der Waals surface area contributed by atoms with Gasteiger partial charge in [-0.25, -0.2) is 14.6 Å². The number of pyridine rings is 1. The Hall–Kier alpha value is -5.90. The van der Waals surface area contributed by atoms with Crippen LogP contribution >= 0.6 is 12.4 Å². The van der Waals surface area contributed by atoms with Crippen molar-refractivity contribution in [3.05, 3.63) is 102 Å². The summed E-state index contributed by atoms with van der Waals surface area (Å²) in [5.41, 5.74) is 2.05. The number of halogens is 1. The predicted molar refractivity (Wildman–Crippen MR) is 230 cm³/mol. The van der Waals surface area contributed by atoms with Crippen LogP contribution in [0, 0.1) is 0 Å². The highest BCUT2D eigenvalue weighted by atomic mass is 35.5. The van der Waals surface area contributed by atoms with Gasteiger partial charge in [0.2, 0.25) is 0 Å². The molecule has 58 heavy (non-hydrogen) atoms. The molecule has 1 fully saturated rings. The molecule has 16 heteroatoms. The quantitative estimate of drug-likeness (QED) is 0.0787. The van der Waals surface area contributed by atoms with Crippen LogP contribution in [0.3, 0.4) is 0 Å². The number of methoxy groups -OCH3 is 2. The lowest BCUT2D eigenvalue weighted by molar-refractivity contribution is 0.0692. The van der Waals surface area contributed by atoms with E-state index >= 15 is 0 Å². The van der Waals surface area contributed by atoms with Crippen molar-refractivity contribution >= 4 is 74.8 Å². The molecule has 1 aromatic heterocycles. The van der Waals surface area contributed by atoms with E-state index in [-0.39, 0.29) is 40.7 Å². The largest absolute Gasteiger partial charge is 0.496 e. The molecule has 4 aromatic carbocycles. The summed E-state index contributed by atoms with van der Waals surface area (Å²) in [6, 6.07) is 22.3. The zero-order valence-corrected chi connectivity index (χ0v) is 34.5. The molecule has 1 saturated heterocycles. The average molecular weight is 831 g/mol. The Morgan fingerprint density at radius 3 is 2.26 bits per heavy atom. The number of nitrogens with zero attached hydrogens (tertiary/aromatic N) is 2. The van der Waals surface area contributed by atoms with Crippen LogP contribution in [-0.4, -0.2) is 89.0 Å². The summed E-state index contributed by atoms with van der Waals surface area (Å²) >= 11 is 0. The standard InChI is InChI=1S/C42H46N6O8S.ClH/c1-42(2,3)26-22-32(40(50)51)38(55-5)34(23-26)47-41(52)46-33-12-13-35(30-9-7-6-8-29(30)33)56-28-14-15-43-37(25-28)45-27-10-11-31(36(24-27)54-4)39(49)44-16-17-48-18-20-57(53)21-19-48;/h6-15,22-25H,16-21H2,1-5H3,(H,43,45)(H,44,49)(H,50,51)(H2,46,47,52);1H. The van der Waals surface area contributed by atoms with Crippen molar-refractivity contribution in [1.29, 1.82) is 0 Å². The molecule has 0 aliphatic carbocycles. The van der Waals surface area contributed by atoms with Crippen molar-refractivity contribution in [3.63, 3.8) is 0 Å². The maximum atomic E-state index is 13.4. The van der Waals surface area contributed by atoms with Crippen molar-refractivity contribution in [2.24, 2.45) is 0 Å². The van der Waals surface area contributed by atoms with E-state index in [1.807, 2.05) is 45.0 Å². The number of aromatic carboxylic acids is 1. The Morgan fingerprint density at radius 1 is 0.845 bits per heavy atom. The van der Waals surface area contributed by atoms with Gasteiger partial charge < -0.3 is 40.6 Å². The maximum absolute atomic E-state index is 13.4. The molecule has 3 amide bonds. The molecule has 0 radical (unpaired) electrons. The second-order valence-corrected chi connectivity index (χ2v) is 16.1. The number of rotatable bonds is 13. The van der Waals surface area contributed by atoms with Crippen molar-refractivity contribution in [2.75, 3.05) is 67.9 Å². The number of anilines is 4. The lowest BCUT2D eigenvalue weighted by Crippen LogP contribution is -2.42. The lowest BCUT2D eigenvalue weighted by Gasteiger charge is -2.26. The minimum absolute atomic E-state index is 0. The number of hydrogen-bond donors (Lipinski definition) is 5. The van der Waals surface area contributed by atoms with Crippen LogP contribution in [0.25, 0.3) is 10.8 Å². The Kier molecular flexibility index (Phi) is 14.2. The minimum Gasteiger partial charge on any atom is -0.496 e. The summed E-state index contributed by atoms with van der Waals surface area (Å²) in [5.74, 6) is 1.88. The first-order valence-electron chi connectivity index (χ1n) is 18.3. The van der Waals surface area contributed by atoms with Gasteiger partial charge in [0.05, 0.1) is 31.2 Å². The number of urea groups is 1. The smallest absolute Gasteiger partial charge is 0.339 e. The number of ether oxygens (including phenoxy) is 3. The molecule has 1 aliphatic heterocycles. The fourth-order valence-corrected chi connectivity index (χ4v) is 7.50. The summed E-state index contributed by atoms with van der Waals surface area (Å²) in [5, 5.41) is 23.2. The van der Waals surface area contributed by atoms with Gasteiger partial charge in [-0.15, -0.1) is 12.4 Å². The lowest BCUT2D eigenvalue weighted by atomic mass is 9.85. The first-order chi connectivity index (χ1) is 27.3. The highest BCUT2D eigenvalue weighted by Crippen LogP contribution is 2.37. The number of nitrogens with one attached hydrogen (secondary N) is 4. The SMILES string of the molecule is COc1cc(Nc2cc(Oc3ccc(NC(=O)Nc4cc(C(C)(C)C)cc(C(=O)O)c4OC)c4ccccc34)ccn2)ccc1C(=O)NCCN1CCS(=O)CC1.Cl. The van der Waals surface area contributed by atoms with Crippen LogP contribution in [0.1, 0.15) is 47.1 Å². The summed E-state index contributed by atoms with van der Waals surface area (Å²) in [4.78, 5) is 45.1. The van der Waals surface area contributed by atoms with Gasteiger partial charge in [0.15, 0.2) is 5.75 Å². The number of carbonyl (C=O) groups is 3. The normalized spacial score (nSPS) is 13.2. The van der Waals surface area contributed by atoms with Crippen LogP contribution < -0.4 is 35.5 Å². The number of carboxylic acid groups (broad SMARTS) is 1. The fourth-order valence-electron chi connectivity index (χ4n) is 6.38. The molecule has 14 nitrogen and oxygen atoms in total. The van der Waals surface area contributed by atoms with Gasteiger partial charge in [0, 0.05) is 83.3 Å². The summed E-state index contributed by atoms with van der Waals surface area (Å²) in [7, 11) is 2.12. The third kappa shape index (κ3) is 10.5. The van der Waals surface area contributed by atoms with Crippen molar-refractivity contribution in [1.82, 2.24) is 15.2 Å². The Labute approximate surface area is 345 Å². The monoisotopic (exact) mass is 830 g/mol. The predicted octanol–water partition coefficient (Wildman–Crippen LogP) is 7.64. The third-order valence-corrected chi connectivity index (χ3v) is 10.7. The molecular weight excluding hydrogens is 784 g/mol. The zero-order valence-electron chi connectivity index (χ0n) is 32.8. The molecule has 0 unspecified atom stereocenters. The van der Waals surface area contributed by atoms with Gasteiger partial charge in [-0.05, 0) is 53.4 Å². The number of aromatic nitrogens is 1. The van der Waals surface area contributed by atoms with Crippen LogP contribution in [0.4, 0.5) is 27.7 Å². The van der Waals surface area contributed by atoms with Crippen LogP contribution in [0.5, 0.6) is 23.0 Å². The second kappa shape index (κ2) is 19.0. The fraction of sp³-hybridized carbons (Fsp3) is 0.286. The van der Waals surface area contributed by atoms with Crippen LogP contribution in [0.2, 0.25) is 0 Å². The molecule has 0 saturated carbocycles. The third-order valence-electron chi connectivity index (χ3n) is 9.43. The van der Waals surface area contributed by atoms with Crippen molar-refractivity contribution in [2.45, 2.75) is 26.2 Å². The average Bonchev–Trinajstić information content (AvgIpc) is 3.19. The molecular formula is C42H47ClN6O8S. The topological polar surface area (TPSA) is 180 Å². The number of hydrogen-bond acceptors (Lipinski definition) is 10. The Morgan fingerprint density at radius 2 is 1.57 bits per heavy atom. The molecule has 0 bridgehead atoms. The zero-order chi connectivity index (χ0) is 40.7. The van der Waals surface area contributed by atoms with Gasteiger partial charge in [0.1, 0.15) is 28.6 Å². The van der Waals surface area contributed by atoms with E-state index in [1.165, 1.54) is 14.2 Å². The van der Waals surface area contributed by atoms with Crippen molar-refractivity contribution in [3.8, 4) is 23.0 Å². The maximum Gasteiger partial charge on any atom is 0.339 e. The van der Waals surface area contributed by atoms with E-state index in [1.54, 1.807) is 60.8 Å². The van der Waals surface area contributed by atoms with Gasteiger partial charge in [-0.3, -0.25) is 13.9 Å². The highest BCUT2D eigenvalue weighted by Gasteiger charge is 2.24. The first-order valence-corrected chi connectivity index (χ1v) is 19.8. The van der Waals surface area contributed by atoms with E-state index in [0.717, 1.165) is 24.0 Å². The van der Waals surface area contributed by atoms with Crippen molar-refractivity contribution < 1.29 is 37.9 Å². The summed E-state index contributed by atoms with van der Waals surface area (Å²) in [6.07, 6.45) is 1.61. The molecule has 5 N–H and O–H groups in total. The molecule has 2 heterocycles. The number of amides is 3. The highest BCUT2D eigenvalue weighted by molar-refractivity contribution is 7.85. The van der Waals surface area contributed by atoms with E-state index in [4.69, 9.17) is 14.2 Å². The number of fused-ring (bicyclic) bond motifs is 1. The number of carboxylic acids is 1. The molecule has 0 spiro atoms. The molecule has 306 valence electrons. The van der Waals surface area contributed by atoms with Gasteiger partial charge in [-0.2, -0.15) is 0 Å². The summed E-state index contributed by atoms with van der Waals surface area (Å²) in [6.45, 7) is 8.54. The number of carbonyl (C=O) groups excluding carboxylic acids is 2. The van der Waals surface area contributed by atoms with E-state index in [9.17, 15) is 23.7 Å². The van der Waals surface area contributed by atoms with Crippen LogP contribution in [-0.2, 0) is 16.2 Å². The first kappa shape index (κ1) is 43.2. The van der Waals surface area contributed by atoms with Crippen LogP contribution in [0.15, 0.2) is 85.1 Å². The Balaban J connectivity index is 0.00000641. The van der Waals surface area contributed by atoms with Gasteiger partial charge in [0.25, 0.3) is 5.91 Å². The Bertz CT molecular complexity index is 2330. The van der Waals surface area contributed by atoms with Gasteiger partial charge >= 0.3 is 12.0 Å². The molecule has 6 rings (SSSR count). The van der Waals surface area contributed by atoms with E-state index in [0.29, 0.717) is 70.0 Å². The minimum atomic E-state index is -1.17. The van der Waals surface area contributed by atoms with Gasteiger partial charge in [-0.1, -0.05) is 45.0 Å². The van der Waals surface area contributed by atoms with E-state index in [2.05, 4.69) is 31.2 Å². The second-order valence-electron chi connectivity index (χ2n) is 14.4.